The first-order chi connectivity index (χ1) is 8.91. The van der Waals surface area contributed by atoms with Crippen molar-refractivity contribution < 1.29 is 14.0 Å². The summed E-state index contributed by atoms with van der Waals surface area (Å²) in [6.45, 7) is 6.76. The van der Waals surface area contributed by atoms with Crippen molar-refractivity contribution in [3.8, 4) is 0 Å². The predicted molar refractivity (Wildman–Crippen MR) is 74.2 cm³/mol. The van der Waals surface area contributed by atoms with Gasteiger partial charge in [-0.25, -0.2) is 0 Å². The molecule has 5 atom stereocenters. The molecule has 0 aromatic rings. The Kier molecular flexibility index (Phi) is 2.25. The highest BCUT2D eigenvalue weighted by Gasteiger charge is 2.83. The van der Waals surface area contributed by atoms with E-state index in [9.17, 15) is 4.79 Å². The van der Waals surface area contributed by atoms with Gasteiger partial charge < -0.3 is 9.16 Å². The second-order valence-corrected chi connectivity index (χ2v) is 12.4. The van der Waals surface area contributed by atoms with Crippen molar-refractivity contribution in [1.29, 1.82) is 0 Å². The standard InChI is InChI=1S/C15H24O3Si/c1-19(2,3)18-15-9-5-4-8-14(15)12-10(15)6-7-11(12)17-13(14)16/h10-12H,4-9H2,1-3H3/t10-,11+,12-,14-,15-/m0/s1. The van der Waals surface area contributed by atoms with Gasteiger partial charge in [-0.1, -0.05) is 12.8 Å². The van der Waals surface area contributed by atoms with Gasteiger partial charge in [-0.15, -0.1) is 0 Å². The van der Waals surface area contributed by atoms with Crippen LogP contribution in [0.15, 0.2) is 0 Å². The van der Waals surface area contributed by atoms with Gasteiger partial charge >= 0.3 is 5.97 Å². The molecule has 0 N–H and O–H groups in total. The molecule has 0 bridgehead atoms. The highest BCUT2D eigenvalue weighted by Crippen LogP contribution is 2.75. The Labute approximate surface area is 116 Å². The number of hydrogen-bond acceptors (Lipinski definition) is 3. The summed E-state index contributed by atoms with van der Waals surface area (Å²) in [4.78, 5) is 12.6. The molecule has 0 radical (unpaired) electrons. The third kappa shape index (κ3) is 1.26. The van der Waals surface area contributed by atoms with E-state index in [4.69, 9.17) is 9.16 Å². The van der Waals surface area contributed by atoms with E-state index in [1.807, 2.05) is 0 Å². The molecule has 1 aliphatic heterocycles. The zero-order chi connectivity index (χ0) is 13.5. The third-order valence-electron chi connectivity index (χ3n) is 6.00. The molecular weight excluding hydrogens is 256 g/mol. The summed E-state index contributed by atoms with van der Waals surface area (Å²) in [6, 6.07) is 0. The van der Waals surface area contributed by atoms with Crippen LogP contribution in [0, 0.1) is 17.3 Å². The van der Waals surface area contributed by atoms with E-state index in [2.05, 4.69) is 19.6 Å². The van der Waals surface area contributed by atoms with Crippen molar-refractivity contribution in [2.24, 2.45) is 17.3 Å². The van der Waals surface area contributed by atoms with Crippen molar-refractivity contribution in [2.75, 3.05) is 0 Å². The van der Waals surface area contributed by atoms with E-state index < -0.39 is 8.32 Å². The molecule has 0 unspecified atom stereocenters. The maximum absolute atomic E-state index is 12.6. The number of carbonyl (C=O) groups excluding carboxylic acids is 1. The number of fused-ring (bicyclic) bond motifs is 1. The first-order valence-electron chi connectivity index (χ1n) is 7.82. The molecule has 4 heteroatoms. The van der Waals surface area contributed by atoms with E-state index in [1.54, 1.807) is 0 Å². The van der Waals surface area contributed by atoms with Crippen LogP contribution in [0.1, 0.15) is 38.5 Å². The monoisotopic (exact) mass is 280 g/mol. The number of rotatable bonds is 2. The van der Waals surface area contributed by atoms with Crippen molar-refractivity contribution in [3.05, 3.63) is 0 Å². The Bertz CT molecular complexity index is 443. The fourth-order valence-electron chi connectivity index (χ4n) is 5.79. The lowest BCUT2D eigenvalue weighted by atomic mass is 9.41. The molecule has 4 fully saturated rings. The van der Waals surface area contributed by atoms with Crippen LogP contribution in [-0.4, -0.2) is 26.0 Å². The van der Waals surface area contributed by atoms with Crippen LogP contribution in [-0.2, 0) is 14.0 Å². The fraction of sp³-hybridized carbons (Fsp3) is 0.933. The van der Waals surface area contributed by atoms with Gasteiger partial charge in [0.05, 0.1) is 5.60 Å². The van der Waals surface area contributed by atoms with Crippen LogP contribution in [0.5, 0.6) is 0 Å². The minimum Gasteiger partial charge on any atom is -0.462 e. The predicted octanol–water partition coefficient (Wildman–Crippen LogP) is 3.10. The minimum absolute atomic E-state index is 0.0800. The normalized spacial score (nSPS) is 51.3. The molecule has 3 saturated carbocycles. The van der Waals surface area contributed by atoms with E-state index >= 15 is 0 Å². The first-order valence-corrected chi connectivity index (χ1v) is 11.2. The Morgan fingerprint density at radius 3 is 2.68 bits per heavy atom. The highest BCUT2D eigenvalue weighted by molar-refractivity contribution is 6.69. The molecular formula is C15H24O3Si. The number of esters is 1. The summed E-state index contributed by atoms with van der Waals surface area (Å²) >= 11 is 0. The zero-order valence-electron chi connectivity index (χ0n) is 12.2. The van der Waals surface area contributed by atoms with Crippen LogP contribution in [0.2, 0.25) is 19.6 Å². The molecule has 0 aromatic heterocycles. The molecule has 1 heterocycles. The summed E-state index contributed by atoms with van der Waals surface area (Å²) in [5.74, 6) is 1.16. The van der Waals surface area contributed by atoms with Gasteiger partial charge in [-0.2, -0.15) is 0 Å². The Balaban J connectivity index is 1.80. The Morgan fingerprint density at radius 2 is 1.95 bits per heavy atom. The van der Waals surface area contributed by atoms with Crippen molar-refractivity contribution in [1.82, 2.24) is 0 Å². The first kappa shape index (κ1) is 12.4. The third-order valence-corrected chi connectivity index (χ3v) is 6.98. The molecule has 19 heavy (non-hydrogen) atoms. The van der Waals surface area contributed by atoms with Crippen LogP contribution in [0.3, 0.4) is 0 Å². The molecule has 3 aliphatic carbocycles. The average molecular weight is 280 g/mol. The van der Waals surface area contributed by atoms with Crippen LogP contribution >= 0.6 is 0 Å². The maximum Gasteiger partial charge on any atom is 0.315 e. The molecule has 1 spiro atoms. The van der Waals surface area contributed by atoms with Gasteiger partial charge in [0.15, 0.2) is 8.32 Å². The molecule has 0 amide bonds. The van der Waals surface area contributed by atoms with Crippen LogP contribution in [0.25, 0.3) is 0 Å². The summed E-state index contributed by atoms with van der Waals surface area (Å²) in [7, 11) is -1.65. The largest absolute Gasteiger partial charge is 0.462 e. The topological polar surface area (TPSA) is 35.5 Å². The average Bonchev–Trinajstić information content (AvgIpc) is 2.75. The summed E-state index contributed by atoms with van der Waals surface area (Å²) in [5, 5.41) is 0. The molecule has 0 aromatic carbocycles. The number of carbonyl (C=O) groups is 1. The van der Waals surface area contributed by atoms with Crippen LogP contribution in [0.4, 0.5) is 0 Å². The number of ether oxygens (including phenoxy) is 1. The SMILES string of the molecule is C[Si](C)(C)O[C@]12CCCC[C@]13C(=O)O[C@@H]1CC[C@H]2[C@@H]13. The molecule has 1 saturated heterocycles. The van der Waals surface area contributed by atoms with Gasteiger partial charge in [-0.05, 0) is 51.2 Å². The van der Waals surface area contributed by atoms with E-state index in [-0.39, 0.29) is 23.1 Å². The lowest BCUT2D eigenvalue weighted by Crippen LogP contribution is -2.74. The Hall–Kier alpha value is -0.353. The summed E-state index contributed by atoms with van der Waals surface area (Å²) < 4.78 is 12.4. The molecule has 3 nitrogen and oxygen atoms in total. The van der Waals surface area contributed by atoms with E-state index in [0.29, 0.717) is 11.8 Å². The second-order valence-electron chi connectivity index (χ2n) is 7.94. The minimum atomic E-state index is -1.65. The Morgan fingerprint density at radius 1 is 1.21 bits per heavy atom. The van der Waals surface area contributed by atoms with Gasteiger partial charge in [0.2, 0.25) is 0 Å². The molecule has 4 rings (SSSR count). The number of hydrogen-bond donors (Lipinski definition) is 0. The second kappa shape index (κ2) is 3.45. The highest BCUT2D eigenvalue weighted by atomic mass is 28.4. The molecule has 4 aliphatic rings. The van der Waals surface area contributed by atoms with E-state index in [0.717, 1.165) is 19.3 Å². The van der Waals surface area contributed by atoms with Crippen molar-refractivity contribution in [2.45, 2.75) is 69.9 Å². The summed E-state index contributed by atoms with van der Waals surface area (Å²) in [6.07, 6.45) is 6.96. The lowest BCUT2D eigenvalue weighted by molar-refractivity contribution is -0.242. The van der Waals surface area contributed by atoms with E-state index in [1.165, 1.54) is 19.3 Å². The lowest BCUT2D eigenvalue weighted by Gasteiger charge is -2.66. The fourth-order valence-corrected chi connectivity index (χ4v) is 7.32. The van der Waals surface area contributed by atoms with Gasteiger partial charge in [0.1, 0.15) is 11.5 Å². The van der Waals surface area contributed by atoms with Gasteiger partial charge in [0, 0.05) is 5.92 Å². The van der Waals surface area contributed by atoms with Gasteiger partial charge in [0.25, 0.3) is 0 Å². The zero-order valence-corrected chi connectivity index (χ0v) is 13.2. The van der Waals surface area contributed by atoms with Crippen molar-refractivity contribution in [3.63, 3.8) is 0 Å². The summed E-state index contributed by atoms with van der Waals surface area (Å²) in [5.41, 5.74) is -0.403. The maximum atomic E-state index is 12.6. The van der Waals surface area contributed by atoms with Gasteiger partial charge in [-0.3, -0.25) is 4.79 Å². The van der Waals surface area contributed by atoms with Crippen molar-refractivity contribution >= 4 is 14.3 Å². The molecule has 106 valence electrons. The van der Waals surface area contributed by atoms with Crippen LogP contribution < -0.4 is 0 Å². The quantitative estimate of drug-likeness (QED) is 0.576. The smallest absolute Gasteiger partial charge is 0.315 e.